The average Bonchev–Trinajstić information content (AvgIpc) is 3.27. The van der Waals surface area contributed by atoms with Crippen LogP contribution in [0.3, 0.4) is 0 Å². The first-order chi connectivity index (χ1) is 14.6. The molecule has 0 radical (unpaired) electrons. The molecule has 0 aliphatic rings. The van der Waals surface area contributed by atoms with Crippen LogP contribution in [0.5, 0.6) is 5.75 Å². The number of amides is 2. The van der Waals surface area contributed by atoms with Gasteiger partial charge in [0.1, 0.15) is 11.4 Å². The molecular formula is C22H18ClN3O3S. The monoisotopic (exact) mass is 439 g/mol. The van der Waals surface area contributed by atoms with E-state index < -0.39 is 11.8 Å². The molecule has 0 unspecified atom stereocenters. The van der Waals surface area contributed by atoms with Crippen molar-refractivity contribution in [2.75, 3.05) is 7.11 Å². The van der Waals surface area contributed by atoms with Crippen LogP contribution in [0.2, 0.25) is 5.02 Å². The first kappa shape index (κ1) is 21.3. The highest BCUT2D eigenvalue weighted by molar-refractivity contribution is 7.10. The predicted octanol–water partition coefficient (Wildman–Crippen LogP) is 4.33. The standard InChI is InChI=1S/C22H18ClN3O3S/c1-29-20-10-9-17(23)12-16(20)14-24-26-22(28)19(13-18-8-5-11-30-18)25-21(27)15-6-3-2-4-7-15/h2-14H,1H3,(H,25,27)(H,26,28). The number of benzene rings is 2. The van der Waals surface area contributed by atoms with Crippen molar-refractivity contribution >= 4 is 47.0 Å². The van der Waals surface area contributed by atoms with Gasteiger partial charge in [0.05, 0.1) is 13.3 Å². The van der Waals surface area contributed by atoms with Crippen LogP contribution in [0.4, 0.5) is 0 Å². The van der Waals surface area contributed by atoms with Gasteiger partial charge in [-0.3, -0.25) is 9.59 Å². The Morgan fingerprint density at radius 3 is 2.60 bits per heavy atom. The Morgan fingerprint density at radius 2 is 1.90 bits per heavy atom. The van der Waals surface area contributed by atoms with E-state index in [1.807, 2.05) is 23.6 Å². The fourth-order valence-corrected chi connectivity index (χ4v) is 3.32. The minimum atomic E-state index is -0.565. The van der Waals surface area contributed by atoms with E-state index in [-0.39, 0.29) is 5.70 Å². The minimum Gasteiger partial charge on any atom is -0.496 e. The number of halogens is 1. The third-order valence-corrected chi connectivity index (χ3v) is 4.97. The number of nitrogens with zero attached hydrogens (tertiary/aromatic N) is 1. The Labute approximate surface area is 182 Å². The van der Waals surface area contributed by atoms with E-state index in [0.29, 0.717) is 21.9 Å². The maximum absolute atomic E-state index is 12.7. The first-order valence-corrected chi connectivity index (χ1v) is 10.1. The summed E-state index contributed by atoms with van der Waals surface area (Å²) in [6, 6.07) is 17.4. The summed E-state index contributed by atoms with van der Waals surface area (Å²) in [5.74, 6) is -0.400. The van der Waals surface area contributed by atoms with E-state index in [2.05, 4.69) is 15.8 Å². The molecule has 0 aliphatic carbocycles. The van der Waals surface area contributed by atoms with Crippen LogP contribution in [0.15, 0.2) is 76.8 Å². The number of carbonyl (C=O) groups excluding carboxylic acids is 2. The van der Waals surface area contributed by atoms with Crippen LogP contribution in [-0.4, -0.2) is 25.1 Å². The second kappa shape index (κ2) is 10.4. The number of rotatable bonds is 7. The molecule has 0 saturated heterocycles. The molecule has 0 bridgehead atoms. The lowest BCUT2D eigenvalue weighted by Gasteiger charge is -2.09. The van der Waals surface area contributed by atoms with Gasteiger partial charge >= 0.3 is 0 Å². The number of hydrogen-bond acceptors (Lipinski definition) is 5. The lowest BCUT2D eigenvalue weighted by molar-refractivity contribution is -0.117. The van der Waals surface area contributed by atoms with Gasteiger partial charge < -0.3 is 10.1 Å². The van der Waals surface area contributed by atoms with Crippen molar-refractivity contribution in [1.82, 2.24) is 10.7 Å². The number of hydrazone groups is 1. The molecule has 1 heterocycles. The predicted molar refractivity (Wildman–Crippen MR) is 120 cm³/mol. The minimum absolute atomic E-state index is 0.0708. The smallest absolute Gasteiger partial charge is 0.287 e. The summed E-state index contributed by atoms with van der Waals surface area (Å²) < 4.78 is 5.25. The molecule has 6 nitrogen and oxygen atoms in total. The summed E-state index contributed by atoms with van der Waals surface area (Å²) in [5.41, 5.74) is 3.53. The summed E-state index contributed by atoms with van der Waals surface area (Å²) in [7, 11) is 1.53. The Bertz CT molecular complexity index is 1080. The number of ether oxygens (including phenoxy) is 1. The van der Waals surface area contributed by atoms with Crippen LogP contribution in [0.25, 0.3) is 6.08 Å². The van der Waals surface area contributed by atoms with Crippen LogP contribution in [-0.2, 0) is 4.79 Å². The summed E-state index contributed by atoms with van der Waals surface area (Å²) in [4.78, 5) is 26.0. The second-order valence-electron chi connectivity index (χ2n) is 5.98. The molecule has 152 valence electrons. The quantitative estimate of drug-likeness (QED) is 0.326. The van der Waals surface area contributed by atoms with E-state index in [1.54, 1.807) is 48.5 Å². The fraction of sp³-hybridized carbons (Fsp3) is 0.0455. The van der Waals surface area contributed by atoms with Gasteiger partial charge in [0.2, 0.25) is 0 Å². The largest absolute Gasteiger partial charge is 0.496 e. The highest BCUT2D eigenvalue weighted by atomic mass is 35.5. The lowest BCUT2D eigenvalue weighted by Crippen LogP contribution is -2.32. The van der Waals surface area contributed by atoms with Gasteiger partial charge in [-0.2, -0.15) is 5.10 Å². The van der Waals surface area contributed by atoms with Gasteiger partial charge in [-0.1, -0.05) is 35.9 Å². The molecule has 0 saturated carbocycles. The molecule has 1 aromatic heterocycles. The van der Waals surface area contributed by atoms with Crippen LogP contribution < -0.4 is 15.5 Å². The molecule has 0 fully saturated rings. The third kappa shape index (κ3) is 5.79. The zero-order valence-corrected chi connectivity index (χ0v) is 17.5. The molecular weight excluding hydrogens is 422 g/mol. The zero-order valence-electron chi connectivity index (χ0n) is 16.0. The Balaban J connectivity index is 1.77. The molecule has 8 heteroatoms. The second-order valence-corrected chi connectivity index (χ2v) is 7.39. The highest BCUT2D eigenvalue weighted by Crippen LogP contribution is 2.20. The Kier molecular flexibility index (Phi) is 7.37. The van der Waals surface area contributed by atoms with Gasteiger partial charge in [-0.25, -0.2) is 5.43 Å². The molecule has 2 aromatic carbocycles. The number of methoxy groups -OCH3 is 1. The Hall–Kier alpha value is -3.42. The summed E-state index contributed by atoms with van der Waals surface area (Å²) in [6.45, 7) is 0. The fourth-order valence-electron chi connectivity index (χ4n) is 2.48. The van der Waals surface area contributed by atoms with Gasteiger partial charge in [0.25, 0.3) is 11.8 Å². The van der Waals surface area contributed by atoms with E-state index >= 15 is 0 Å². The van der Waals surface area contributed by atoms with Crippen molar-refractivity contribution in [1.29, 1.82) is 0 Å². The maximum atomic E-state index is 12.7. The molecule has 3 aromatic rings. The number of hydrogen-bond donors (Lipinski definition) is 2. The maximum Gasteiger partial charge on any atom is 0.287 e. The van der Waals surface area contributed by atoms with Crippen molar-refractivity contribution in [3.63, 3.8) is 0 Å². The van der Waals surface area contributed by atoms with Gasteiger partial charge in [0, 0.05) is 21.0 Å². The van der Waals surface area contributed by atoms with Gasteiger partial charge in [-0.05, 0) is 47.9 Å². The van der Waals surface area contributed by atoms with Crippen molar-refractivity contribution < 1.29 is 14.3 Å². The molecule has 0 atom stereocenters. The van der Waals surface area contributed by atoms with Crippen molar-refractivity contribution in [2.24, 2.45) is 5.10 Å². The van der Waals surface area contributed by atoms with Gasteiger partial charge in [0.15, 0.2) is 0 Å². The van der Waals surface area contributed by atoms with Crippen LogP contribution in [0.1, 0.15) is 20.8 Å². The highest BCUT2D eigenvalue weighted by Gasteiger charge is 2.14. The lowest BCUT2D eigenvalue weighted by atomic mass is 10.2. The summed E-state index contributed by atoms with van der Waals surface area (Å²) in [6.07, 6.45) is 3.01. The molecule has 3 rings (SSSR count). The molecule has 0 aliphatic heterocycles. The number of nitrogens with one attached hydrogen (secondary N) is 2. The van der Waals surface area contributed by atoms with Crippen molar-refractivity contribution in [2.45, 2.75) is 0 Å². The summed E-state index contributed by atoms with van der Waals surface area (Å²) in [5, 5.41) is 9.01. The topological polar surface area (TPSA) is 79.8 Å². The Morgan fingerprint density at radius 1 is 1.10 bits per heavy atom. The molecule has 0 spiro atoms. The van der Waals surface area contributed by atoms with Crippen molar-refractivity contribution in [3.05, 3.63) is 92.8 Å². The molecule has 2 amide bonds. The third-order valence-electron chi connectivity index (χ3n) is 3.92. The zero-order chi connectivity index (χ0) is 21.3. The summed E-state index contributed by atoms with van der Waals surface area (Å²) >= 11 is 7.44. The average molecular weight is 440 g/mol. The van der Waals surface area contributed by atoms with Crippen LogP contribution in [0, 0.1) is 0 Å². The number of thiophene rings is 1. The normalized spacial score (nSPS) is 11.3. The number of carbonyl (C=O) groups is 2. The van der Waals surface area contributed by atoms with E-state index in [4.69, 9.17) is 16.3 Å². The SMILES string of the molecule is COc1ccc(Cl)cc1C=NNC(=O)C(=Cc1cccs1)NC(=O)c1ccccc1. The first-order valence-electron chi connectivity index (χ1n) is 8.85. The van der Waals surface area contributed by atoms with Crippen LogP contribution >= 0.6 is 22.9 Å². The van der Waals surface area contributed by atoms with E-state index in [0.717, 1.165) is 4.88 Å². The van der Waals surface area contributed by atoms with E-state index in [9.17, 15) is 9.59 Å². The van der Waals surface area contributed by atoms with Gasteiger partial charge in [-0.15, -0.1) is 11.3 Å². The van der Waals surface area contributed by atoms with E-state index in [1.165, 1.54) is 24.7 Å². The molecule has 2 N–H and O–H groups in total. The molecule has 30 heavy (non-hydrogen) atoms. The van der Waals surface area contributed by atoms with Crippen molar-refractivity contribution in [3.8, 4) is 5.75 Å².